The summed E-state index contributed by atoms with van der Waals surface area (Å²) in [6.07, 6.45) is 1.41. The molecule has 238 valence electrons. The van der Waals surface area contributed by atoms with Crippen molar-refractivity contribution in [3.05, 3.63) is 63.7 Å². The van der Waals surface area contributed by atoms with E-state index in [1.807, 2.05) is 18.2 Å². The number of quaternary nitrogens is 1. The van der Waals surface area contributed by atoms with Crippen LogP contribution in [0.3, 0.4) is 0 Å². The quantitative estimate of drug-likeness (QED) is 0.0492. The molecule has 2 atom stereocenters. The number of ether oxygens (including phenoxy) is 4. The first-order valence-corrected chi connectivity index (χ1v) is 13.4. The number of methoxy groups -OCH3 is 3. The number of esters is 1. The molecule has 2 unspecified atom stereocenters. The molecule has 0 fully saturated rings. The number of carboxylic acids is 1. The number of nitrogens with two attached hydrogens (primary N) is 2. The Balaban J connectivity index is 0.000000523. The number of nitrogens with one attached hydrogen (secondary N) is 2. The molecule has 2 rings (SSSR count). The number of rotatable bonds is 15. The molecular formula is C28H42N6O9. The molecule has 0 spiro atoms. The summed E-state index contributed by atoms with van der Waals surface area (Å²) in [6, 6.07) is 12.3. The van der Waals surface area contributed by atoms with Crippen LogP contribution in [0.5, 0.6) is 17.2 Å². The maximum absolute atomic E-state index is 12.8. The van der Waals surface area contributed by atoms with Crippen molar-refractivity contribution in [3.8, 4) is 17.2 Å². The van der Waals surface area contributed by atoms with Crippen molar-refractivity contribution in [2.24, 2.45) is 16.6 Å². The smallest absolute Gasteiger partial charge is 0.338 e. The number of carbonyl (C=O) groups excluding carboxylic acids is 2. The van der Waals surface area contributed by atoms with Crippen molar-refractivity contribution >= 4 is 17.9 Å². The summed E-state index contributed by atoms with van der Waals surface area (Å²) < 4.78 is 21.7. The molecule has 0 radical (unpaired) electrons. The van der Waals surface area contributed by atoms with E-state index in [1.54, 1.807) is 12.1 Å². The van der Waals surface area contributed by atoms with Gasteiger partial charge < -0.3 is 50.5 Å². The van der Waals surface area contributed by atoms with Crippen molar-refractivity contribution < 1.29 is 43.6 Å². The molecule has 0 bridgehead atoms. The second kappa shape index (κ2) is 18.0. The van der Waals surface area contributed by atoms with E-state index in [9.17, 15) is 24.8 Å². The van der Waals surface area contributed by atoms with Gasteiger partial charge in [-0.05, 0) is 25.0 Å². The number of nitro groups is 1. The second-order valence-corrected chi connectivity index (χ2v) is 9.51. The fourth-order valence-corrected chi connectivity index (χ4v) is 4.18. The third kappa shape index (κ3) is 10.9. The van der Waals surface area contributed by atoms with Crippen LogP contribution in [0.4, 0.5) is 0 Å². The molecule has 0 aliphatic rings. The lowest BCUT2D eigenvalue weighted by Crippen LogP contribution is -3.14. The highest BCUT2D eigenvalue weighted by molar-refractivity contribution is 5.91. The van der Waals surface area contributed by atoms with Crippen molar-refractivity contribution in [1.82, 2.24) is 5.32 Å². The number of carboxylic acid groups (broad SMARTS) is 1. The first kappa shape index (κ1) is 36.4. The second-order valence-electron chi connectivity index (χ2n) is 9.51. The summed E-state index contributed by atoms with van der Waals surface area (Å²) in [5.41, 5.74) is 11.4. The fourth-order valence-electron chi connectivity index (χ4n) is 4.18. The summed E-state index contributed by atoms with van der Waals surface area (Å²) in [7, 11) is 8.69. The number of carbonyl (C=O) groups is 2. The zero-order valence-electron chi connectivity index (χ0n) is 25.4. The van der Waals surface area contributed by atoms with Gasteiger partial charge in [-0.15, -0.1) is 0 Å². The third-order valence-electron chi connectivity index (χ3n) is 6.73. The Morgan fingerprint density at radius 1 is 1.09 bits per heavy atom. The molecule has 43 heavy (non-hydrogen) atoms. The Bertz CT molecular complexity index is 1200. The van der Waals surface area contributed by atoms with Gasteiger partial charge in [0.15, 0.2) is 28.7 Å². The van der Waals surface area contributed by atoms with Gasteiger partial charge in [-0.2, -0.15) is 0 Å². The number of aliphatic carboxylic acids is 1. The van der Waals surface area contributed by atoms with Crippen molar-refractivity contribution in [3.63, 3.8) is 0 Å². The van der Waals surface area contributed by atoms with Gasteiger partial charge in [0.25, 0.3) is 5.96 Å². The summed E-state index contributed by atoms with van der Waals surface area (Å²) in [4.78, 5) is 34.0. The van der Waals surface area contributed by atoms with E-state index in [2.05, 4.69) is 43.6 Å². The topological polar surface area (TPSA) is 218 Å². The molecule has 2 aromatic carbocycles. The lowest BCUT2D eigenvalue weighted by Gasteiger charge is -2.35. The summed E-state index contributed by atoms with van der Waals surface area (Å²) in [6.45, 7) is 2.61. The number of benzene rings is 2. The highest BCUT2D eigenvalue weighted by Gasteiger charge is 2.39. The van der Waals surface area contributed by atoms with Gasteiger partial charge in [0, 0.05) is 24.6 Å². The van der Waals surface area contributed by atoms with Crippen LogP contribution >= 0.6 is 0 Å². The molecule has 15 heteroatoms. The summed E-state index contributed by atoms with van der Waals surface area (Å²) in [5.74, 6) is -0.835. The highest BCUT2D eigenvalue weighted by Crippen LogP contribution is 2.38. The van der Waals surface area contributed by atoms with E-state index < -0.39 is 23.0 Å². The Morgan fingerprint density at radius 3 is 2.12 bits per heavy atom. The molecule has 0 saturated heterocycles. The predicted molar refractivity (Wildman–Crippen MR) is 156 cm³/mol. The van der Waals surface area contributed by atoms with E-state index in [4.69, 9.17) is 30.4 Å². The van der Waals surface area contributed by atoms with Crippen LogP contribution in [-0.2, 0) is 15.1 Å². The van der Waals surface area contributed by atoms with E-state index in [0.717, 1.165) is 12.0 Å². The SMILES string of the molecule is CCC(COC(=O)c1cc(OC)c(OC)c(OC)c1)(c1ccccc1)[NH+](C)C.N/C(=N\[N+](=O)[O-])NCCCC(N)C(=O)[O-]. The Morgan fingerprint density at radius 2 is 1.67 bits per heavy atom. The predicted octanol–water partition coefficient (Wildman–Crippen LogP) is -0.741. The molecule has 15 nitrogen and oxygen atoms in total. The number of hydrogen-bond acceptors (Lipinski definition) is 10. The van der Waals surface area contributed by atoms with Gasteiger partial charge in [-0.25, -0.2) is 14.9 Å². The van der Waals surface area contributed by atoms with Gasteiger partial charge in [0.2, 0.25) is 5.75 Å². The molecular weight excluding hydrogens is 564 g/mol. The molecule has 0 amide bonds. The van der Waals surface area contributed by atoms with Crippen LogP contribution in [0.25, 0.3) is 0 Å². The minimum atomic E-state index is -1.33. The van der Waals surface area contributed by atoms with Crippen molar-refractivity contribution in [2.45, 2.75) is 37.8 Å². The highest BCUT2D eigenvalue weighted by atomic mass is 16.7. The minimum absolute atomic E-state index is 0.196. The van der Waals surface area contributed by atoms with Gasteiger partial charge in [0.1, 0.15) is 5.10 Å². The lowest BCUT2D eigenvalue weighted by molar-refractivity contribution is -0.925. The molecule has 6 N–H and O–H groups in total. The van der Waals surface area contributed by atoms with Crippen LogP contribution in [0.15, 0.2) is 47.6 Å². The average Bonchev–Trinajstić information content (AvgIpc) is 2.99. The normalized spacial score (nSPS) is 13.1. The van der Waals surface area contributed by atoms with Gasteiger partial charge in [-0.3, -0.25) is 0 Å². The largest absolute Gasteiger partial charge is 0.548 e. The van der Waals surface area contributed by atoms with E-state index in [0.29, 0.717) is 29.2 Å². The van der Waals surface area contributed by atoms with Crippen LogP contribution < -0.4 is 41.0 Å². The Labute approximate surface area is 250 Å². The maximum atomic E-state index is 12.8. The fraction of sp³-hybridized carbons (Fsp3) is 0.464. The van der Waals surface area contributed by atoms with Gasteiger partial charge >= 0.3 is 5.97 Å². The third-order valence-corrected chi connectivity index (χ3v) is 6.73. The lowest BCUT2D eigenvalue weighted by atomic mass is 9.87. The van der Waals surface area contributed by atoms with E-state index in [1.165, 1.54) is 26.2 Å². The zero-order chi connectivity index (χ0) is 32.6. The molecule has 0 heterocycles. The Kier molecular flexibility index (Phi) is 15.3. The average molecular weight is 607 g/mol. The molecule has 0 aromatic heterocycles. The molecule has 2 aromatic rings. The standard InChI is InChI=1S/C22H29NO5.C6H13N5O4/c1-7-22(23(2)3,17-11-9-8-10-12-17)15-28-21(24)16-13-18(25-4)20(27-6)19(14-16)26-5;7-4(5(12)13)2-1-3-9-6(8)10-11(14)15/h8-14H,7,15H2,1-6H3;4H,1-3,7H2,(H,12,13)(H3,8,9,10). The first-order valence-electron chi connectivity index (χ1n) is 13.4. The van der Waals surface area contributed by atoms with Crippen LogP contribution in [0, 0.1) is 10.1 Å². The van der Waals surface area contributed by atoms with Crippen molar-refractivity contribution in [2.75, 3.05) is 48.6 Å². The zero-order valence-corrected chi connectivity index (χ0v) is 25.4. The molecule has 0 aliphatic heterocycles. The number of guanidine groups is 1. The summed E-state index contributed by atoms with van der Waals surface area (Å²) >= 11 is 0. The summed E-state index contributed by atoms with van der Waals surface area (Å²) in [5, 5.41) is 24.3. The van der Waals surface area contributed by atoms with Crippen molar-refractivity contribution in [1.29, 1.82) is 0 Å². The van der Waals surface area contributed by atoms with Gasteiger partial charge in [0.05, 0.1) is 47.0 Å². The number of hydrogen-bond donors (Lipinski definition) is 4. The van der Waals surface area contributed by atoms with Gasteiger partial charge in [-0.1, -0.05) is 37.3 Å². The minimum Gasteiger partial charge on any atom is -0.548 e. The molecule has 0 saturated carbocycles. The number of hydrazone groups is 1. The first-order chi connectivity index (χ1) is 20.4. The Hall–Kier alpha value is -4.63. The number of nitrogens with zero attached hydrogens (tertiary/aromatic N) is 2. The van der Waals surface area contributed by atoms with Crippen LogP contribution in [0.1, 0.15) is 42.1 Å². The van der Waals surface area contributed by atoms with E-state index >= 15 is 0 Å². The maximum Gasteiger partial charge on any atom is 0.338 e. The van der Waals surface area contributed by atoms with E-state index in [-0.39, 0.29) is 31.1 Å². The monoisotopic (exact) mass is 606 g/mol. The van der Waals surface area contributed by atoms with Crippen LogP contribution in [-0.4, -0.2) is 77.5 Å². The number of likely N-dealkylation sites (N-methyl/N-ethyl adjacent to an activating group) is 1. The van der Waals surface area contributed by atoms with Crippen LogP contribution in [0.2, 0.25) is 0 Å². The molecule has 0 aliphatic carbocycles.